The number of thiazole rings is 1. The first kappa shape index (κ1) is 13.4. The molecule has 1 atom stereocenters. The number of fused-ring (bicyclic) bond motifs is 1. The smallest absolute Gasteiger partial charge is 0.161 e. The van der Waals surface area contributed by atoms with Crippen molar-refractivity contribution in [1.29, 1.82) is 0 Å². The van der Waals surface area contributed by atoms with E-state index in [4.69, 9.17) is 9.47 Å². The van der Waals surface area contributed by atoms with Gasteiger partial charge < -0.3 is 14.6 Å². The van der Waals surface area contributed by atoms with Crippen LogP contribution in [0.2, 0.25) is 0 Å². The van der Waals surface area contributed by atoms with Gasteiger partial charge in [0.15, 0.2) is 11.5 Å². The predicted molar refractivity (Wildman–Crippen MR) is 78.6 cm³/mol. The Morgan fingerprint density at radius 2 is 2.05 bits per heavy atom. The van der Waals surface area contributed by atoms with Crippen LogP contribution < -0.4 is 9.47 Å². The highest BCUT2D eigenvalue weighted by molar-refractivity contribution is 7.15. The number of ether oxygens (including phenoxy) is 2. The number of benzene rings is 1. The molecule has 1 aromatic carbocycles. The molecule has 0 bridgehead atoms. The van der Waals surface area contributed by atoms with Crippen LogP contribution in [-0.2, 0) is 6.42 Å². The highest BCUT2D eigenvalue weighted by atomic mass is 32.1. The molecule has 1 heterocycles. The molecule has 1 aliphatic rings. The Balaban J connectivity index is 2.01. The second-order valence-corrected chi connectivity index (χ2v) is 5.84. The third-order valence-corrected chi connectivity index (χ3v) is 4.80. The van der Waals surface area contributed by atoms with Gasteiger partial charge in [0.1, 0.15) is 5.01 Å². The SMILES string of the molecule is COc1ccc(-c2nc3c(s2)C(O)CCC3)cc1OC. The topological polar surface area (TPSA) is 51.6 Å². The van der Waals surface area contributed by atoms with E-state index in [9.17, 15) is 5.11 Å². The van der Waals surface area contributed by atoms with Gasteiger partial charge in [-0.15, -0.1) is 11.3 Å². The Morgan fingerprint density at radius 1 is 1.25 bits per heavy atom. The lowest BCUT2D eigenvalue weighted by Gasteiger charge is -2.14. The first-order chi connectivity index (χ1) is 9.72. The van der Waals surface area contributed by atoms with Crippen molar-refractivity contribution < 1.29 is 14.6 Å². The quantitative estimate of drug-likeness (QED) is 0.943. The number of aromatic nitrogens is 1. The van der Waals surface area contributed by atoms with Gasteiger partial charge in [0, 0.05) is 5.56 Å². The van der Waals surface area contributed by atoms with Crippen molar-refractivity contribution in [2.75, 3.05) is 14.2 Å². The van der Waals surface area contributed by atoms with E-state index in [0.717, 1.165) is 40.4 Å². The predicted octanol–water partition coefficient (Wildman–Crippen LogP) is 3.20. The van der Waals surface area contributed by atoms with Gasteiger partial charge in [-0.3, -0.25) is 0 Å². The maximum absolute atomic E-state index is 10.0. The van der Waals surface area contributed by atoms with E-state index < -0.39 is 0 Å². The summed E-state index contributed by atoms with van der Waals surface area (Å²) in [4.78, 5) is 5.68. The molecule has 4 nitrogen and oxygen atoms in total. The lowest BCUT2D eigenvalue weighted by molar-refractivity contribution is 0.160. The lowest BCUT2D eigenvalue weighted by atomic mass is 10.0. The molecule has 0 aliphatic heterocycles. The number of aliphatic hydroxyl groups is 1. The molecule has 0 saturated carbocycles. The van der Waals surface area contributed by atoms with Crippen LogP contribution in [0.3, 0.4) is 0 Å². The molecule has 1 aliphatic carbocycles. The fraction of sp³-hybridized carbons (Fsp3) is 0.400. The Hall–Kier alpha value is -1.59. The first-order valence-electron chi connectivity index (χ1n) is 6.63. The molecule has 5 heteroatoms. The third-order valence-electron chi connectivity index (χ3n) is 3.55. The summed E-state index contributed by atoms with van der Waals surface area (Å²) in [7, 11) is 3.24. The van der Waals surface area contributed by atoms with E-state index in [-0.39, 0.29) is 6.10 Å². The molecule has 0 fully saturated rings. The fourth-order valence-electron chi connectivity index (χ4n) is 2.49. The molecule has 0 amide bonds. The minimum Gasteiger partial charge on any atom is -0.493 e. The molecule has 3 rings (SSSR count). The van der Waals surface area contributed by atoms with Gasteiger partial charge >= 0.3 is 0 Å². The number of aliphatic hydroxyl groups excluding tert-OH is 1. The average Bonchev–Trinajstić information content (AvgIpc) is 2.92. The van der Waals surface area contributed by atoms with E-state index in [1.165, 1.54) is 0 Å². The lowest BCUT2D eigenvalue weighted by Crippen LogP contribution is -2.06. The molecule has 0 saturated heterocycles. The summed E-state index contributed by atoms with van der Waals surface area (Å²) in [5.74, 6) is 1.40. The van der Waals surface area contributed by atoms with Crippen LogP contribution in [0.4, 0.5) is 0 Å². The van der Waals surface area contributed by atoms with Crippen LogP contribution in [0, 0.1) is 0 Å². The minimum absolute atomic E-state index is 0.356. The zero-order valence-electron chi connectivity index (χ0n) is 11.5. The Kier molecular flexibility index (Phi) is 3.63. The van der Waals surface area contributed by atoms with Crippen molar-refractivity contribution >= 4 is 11.3 Å². The molecule has 1 aromatic heterocycles. The summed E-state index contributed by atoms with van der Waals surface area (Å²) in [5, 5.41) is 11.0. The molecule has 0 radical (unpaired) electrons. The molecule has 20 heavy (non-hydrogen) atoms. The summed E-state index contributed by atoms with van der Waals surface area (Å²) in [6, 6.07) is 5.78. The van der Waals surface area contributed by atoms with Crippen LogP contribution >= 0.6 is 11.3 Å². The largest absolute Gasteiger partial charge is 0.493 e. The highest BCUT2D eigenvalue weighted by Crippen LogP contribution is 2.39. The van der Waals surface area contributed by atoms with Crippen molar-refractivity contribution in [3.8, 4) is 22.1 Å². The van der Waals surface area contributed by atoms with Gasteiger partial charge in [-0.05, 0) is 37.5 Å². The Morgan fingerprint density at radius 3 is 2.75 bits per heavy atom. The highest BCUT2D eigenvalue weighted by Gasteiger charge is 2.23. The standard InChI is InChI=1S/C15H17NO3S/c1-18-12-7-6-9(8-13(12)19-2)15-16-10-4-3-5-11(17)14(10)20-15/h6-8,11,17H,3-5H2,1-2H3. The van der Waals surface area contributed by atoms with Gasteiger partial charge in [-0.1, -0.05) is 0 Å². The van der Waals surface area contributed by atoms with Crippen molar-refractivity contribution in [1.82, 2.24) is 4.98 Å². The second-order valence-electron chi connectivity index (χ2n) is 4.81. The number of nitrogens with zero attached hydrogens (tertiary/aromatic N) is 1. The van der Waals surface area contributed by atoms with E-state index in [0.29, 0.717) is 11.5 Å². The summed E-state index contributed by atoms with van der Waals surface area (Å²) in [6.07, 6.45) is 2.44. The van der Waals surface area contributed by atoms with E-state index in [1.807, 2.05) is 18.2 Å². The van der Waals surface area contributed by atoms with E-state index in [2.05, 4.69) is 4.98 Å². The number of hydrogen-bond donors (Lipinski definition) is 1. The number of methoxy groups -OCH3 is 2. The zero-order chi connectivity index (χ0) is 14.1. The minimum atomic E-state index is -0.356. The van der Waals surface area contributed by atoms with Gasteiger partial charge in [0.05, 0.1) is 30.9 Å². The fourth-order valence-corrected chi connectivity index (χ4v) is 3.62. The molecule has 1 N–H and O–H groups in total. The molecule has 2 aromatic rings. The Labute approximate surface area is 122 Å². The summed E-state index contributed by atoms with van der Waals surface area (Å²) in [5.41, 5.74) is 2.03. The first-order valence-corrected chi connectivity index (χ1v) is 7.44. The third kappa shape index (κ3) is 2.27. The summed E-state index contributed by atoms with van der Waals surface area (Å²) >= 11 is 1.57. The van der Waals surface area contributed by atoms with Crippen LogP contribution in [-0.4, -0.2) is 24.3 Å². The molecule has 106 valence electrons. The van der Waals surface area contributed by atoms with Crippen LogP contribution in [0.25, 0.3) is 10.6 Å². The zero-order valence-corrected chi connectivity index (χ0v) is 12.4. The van der Waals surface area contributed by atoms with E-state index >= 15 is 0 Å². The normalized spacial score (nSPS) is 17.6. The van der Waals surface area contributed by atoms with E-state index in [1.54, 1.807) is 25.6 Å². The van der Waals surface area contributed by atoms with Crippen molar-refractivity contribution in [3.05, 3.63) is 28.8 Å². The molecular formula is C15H17NO3S. The maximum Gasteiger partial charge on any atom is 0.161 e. The van der Waals surface area contributed by atoms with Gasteiger partial charge in [-0.25, -0.2) is 4.98 Å². The van der Waals surface area contributed by atoms with Crippen molar-refractivity contribution in [3.63, 3.8) is 0 Å². The van der Waals surface area contributed by atoms with Gasteiger partial charge in [0.25, 0.3) is 0 Å². The monoisotopic (exact) mass is 291 g/mol. The second kappa shape index (κ2) is 5.42. The van der Waals surface area contributed by atoms with Crippen LogP contribution in [0.5, 0.6) is 11.5 Å². The van der Waals surface area contributed by atoms with Gasteiger partial charge in [-0.2, -0.15) is 0 Å². The average molecular weight is 291 g/mol. The molecular weight excluding hydrogens is 274 g/mol. The molecule has 1 unspecified atom stereocenters. The van der Waals surface area contributed by atoms with Crippen molar-refractivity contribution in [2.24, 2.45) is 0 Å². The summed E-state index contributed by atoms with van der Waals surface area (Å²) < 4.78 is 10.6. The number of aryl methyl sites for hydroxylation is 1. The van der Waals surface area contributed by atoms with Crippen LogP contribution in [0.15, 0.2) is 18.2 Å². The molecule has 0 spiro atoms. The van der Waals surface area contributed by atoms with Gasteiger partial charge in [0.2, 0.25) is 0 Å². The Bertz CT molecular complexity index is 624. The number of hydrogen-bond acceptors (Lipinski definition) is 5. The van der Waals surface area contributed by atoms with Crippen molar-refractivity contribution in [2.45, 2.75) is 25.4 Å². The maximum atomic E-state index is 10.0. The number of rotatable bonds is 3. The summed E-state index contributed by atoms with van der Waals surface area (Å²) in [6.45, 7) is 0. The van der Waals surface area contributed by atoms with Crippen LogP contribution in [0.1, 0.15) is 29.5 Å².